The molecule has 1 aromatic heterocycles. The Labute approximate surface area is 179 Å². The Morgan fingerprint density at radius 2 is 1.80 bits per heavy atom. The first-order valence-electron chi connectivity index (χ1n) is 9.77. The van der Waals surface area contributed by atoms with Crippen LogP contribution < -0.4 is 14.8 Å². The van der Waals surface area contributed by atoms with Gasteiger partial charge in [0.05, 0.1) is 4.88 Å². The lowest BCUT2D eigenvalue weighted by atomic mass is 10.1. The third kappa shape index (κ3) is 4.31. The van der Waals surface area contributed by atoms with E-state index in [1.54, 1.807) is 23.1 Å². The molecular formula is C23H22N2O4S. The molecule has 1 N–H and O–H groups in total. The summed E-state index contributed by atoms with van der Waals surface area (Å²) < 4.78 is 11.0. The van der Waals surface area contributed by atoms with E-state index in [9.17, 15) is 9.59 Å². The van der Waals surface area contributed by atoms with Crippen molar-refractivity contribution in [1.82, 2.24) is 4.90 Å². The molecule has 0 unspecified atom stereocenters. The zero-order chi connectivity index (χ0) is 20.9. The molecule has 6 nitrogen and oxygen atoms in total. The van der Waals surface area contributed by atoms with Gasteiger partial charge in [-0.05, 0) is 36.1 Å². The Balaban J connectivity index is 1.45. The highest BCUT2D eigenvalue weighted by Gasteiger charge is 2.22. The lowest BCUT2D eigenvalue weighted by Gasteiger charge is -2.21. The van der Waals surface area contributed by atoms with Crippen molar-refractivity contribution in [1.29, 1.82) is 0 Å². The predicted molar refractivity (Wildman–Crippen MR) is 117 cm³/mol. The highest BCUT2D eigenvalue weighted by molar-refractivity contribution is 7.12. The van der Waals surface area contributed by atoms with Gasteiger partial charge in [0.2, 0.25) is 5.91 Å². The number of likely N-dealkylation sites (N-methyl/N-ethyl adjacent to an activating group) is 1. The van der Waals surface area contributed by atoms with E-state index in [2.05, 4.69) is 5.32 Å². The van der Waals surface area contributed by atoms with Crippen molar-refractivity contribution in [3.63, 3.8) is 0 Å². The van der Waals surface area contributed by atoms with Gasteiger partial charge in [-0.1, -0.05) is 30.3 Å². The van der Waals surface area contributed by atoms with Crippen molar-refractivity contribution in [2.45, 2.75) is 6.92 Å². The number of fused-ring (bicyclic) bond motifs is 1. The average Bonchev–Trinajstić information content (AvgIpc) is 3.27. The van der Waals surface area contributed by atoms with E-state index in [4.69, 9.17) is 9.47 Å². The number of carbonyl (C=O) groups excluding carboxylic acids is 2. The molecule has 1 aliphatic rings. The van der Waals surface area contributed by atoms with Gasteiger partial charge in [-0.25, -0.2) is 0 Å². The predicted octanol–water partition coefficient (Wildman–Crippen LogP) is 4.29. The van der Waals surface area contributed by atoms with Crippen molar-refractivity contribution in [3.8, 4) is 22.6 Å². The van der Waals surface area contributed by atoms with Gasteiger partial charge in [-0.15, -0.1) is 11.3 Å². The second kappa shape index (κ2) is 9.00. The number of amides is 2. The van der Waals surface area contributed by atoms with Gasteiger partial charge < -0.3 is 19.7 Å². The van der Waals surface area contributed by atoms with Gasteiger partial charge in [0.25, 0.3) is 5.91 Å². The van der Waals surface area contributed by atoms with Crippen molar-refractivity contribution >= 4 is 28.8 Å². The van der Waals surface area contributed by atoms with Crippen molar-refractivity contribution in [3.05, 3.63) is 64.9 Å². The fourth-order valence-electron chi connectivity index (χ4n) is 3.29. The van der Waals surface area contributed by atoms with Crippen LogP contribution in [0.1, 0.15) is 16.6 Å². The summed E-state index contributed by atoms with van der Waals surface area (Å²) in [5.41, 5.74) is 2.48. The van der Waals surface area contributed by atoms with Gasteiger partial charge in [-0.2, -0.15) is 0 Å². The Bertz CT molecular complexity index is 1050. The average molecular weight is 423 g/mol. The summed E-state index contributed by atoms with van der Waals surface area (Å²) in [5, 5.41) is 4.74. The molecule has 2 amide bonds. The number of hydrogen-bond acceptors (Lipinski definition) is 5. The molecule has 0 atom stereocenters. The fraction of sp³-hybridized carbons (Fsp3) is 0.217. The van der Waals surface area contributed by atoms with Crippen LogP contribution in [0.3, 0.4) is 0 Å². The third-order valence-electron chi connectivity index (χ3n) is 4.77. The number of thiophene rings is 1. The van der Waals surface area contributed by atoms with Crippen LogP contribution in [0, 0.1) is 0 Å². The van der Waals surface area contributed by atoms with Crippen LogP contribution >= 0.6 is 11.3 Å². The molecular weight excluding hydrogens is 400 g/mol. The third-order valence-corrected chi connectivity index (χ3v) is 5.68. The number of rotatable bonds is 6. The number of nitrogens with one attached hydrogen (secondary N) is 1. The van der Waals surface area contributed by atoms with Gasteiger partial charge in [0.15, 0.2) is 11.5 Å². The number of carbonyl (C=O) groups is 2. The zero-order valence-electron chi connectivity index (χ0n) is 16.6. The normalized spacial score (nSPS) is 12.3. The molecule has 30 heavy (non-hydrogen) atoms. The van der Waals surface area contributed by atoms with Crippen LogP contribution in [0.5, 0.6) is 11.5 Å². The van der Waals surface area contributed by atoms with Crippen LogP contribution in [0.2, 0.25) is 0 Å². The molecule has 0 spiro atoms. The first-order valence-corrected chi connectivity index (χ1v) is 10.7. The molecule has 0 bridgehead atoms. The summed E-state index contributed by atoms with van der Waals surface area (Å²) in [5.74, 6) is 0.854. The maximum Gasteiger partial charge on any atom is 0.265 e. The van der Waals surface area contributed by atoms with Crippen LogP contribution in [-0.2, 0) is 4.79 Å². The topological polar surface area (TPSA) is 67.9 Å². The quantitative estimate of drug-likeness (QED) is 0.644. The summed E-state index contributed by atoms with van der Waals surface area (Å²) >= 11 is 1.39. The van der Waals surface area contributed by atoms with Crippen LogP contribution in [0.4, 0.5) is 5.69 Å². The molecule has 2 heterocycles. The highest BCUT2D eigenvalue weighted by atomic mass is 32.1. The fourth-order valence-corrected chi connectivity index (χ4v) is 4.17. The summed E-state index contributed by atoms with van der Waals surface area (Å²) in [4.78, 5) is 27.9. The minimum atomic E-state index is -0.264. The molecule has 4 rings (SSSR count). The van der Waals surface area contributed by atoms with Gasteiger partial charge in [0.1, 0.15) is 19.8 Å². The molecule has 1 aliphatic heterocycles. The van der Waals surface area contributed by atoms with E-state index < -0.39 is 0 Å². The summed E-state index contributed by atoms with van der Waals surface area (Å²) in [6, 6.07) is 17.0. The Morgan fingerprint density at radius 1 is 1.03 bits per heavy atom. The molecule has 0 saturated heterocycles. The zero-order valence-corrected chi connectivity index (χ0v) is 17.4. The standard InChI is InChI=1S/C23H22N2O4S/c1-2-25(23(27)22-18(10-13-30-22)16-6-4-3-5-7-16)15-21(26)24-17-8-9-19-20(14-17)29-12-11-28-19/h3-10,13-14H,2,11-12,15H2,1H3,(H,24,26). The van der Waals surface area contributed by atoms with Crippen molar-refractivity contribution in [2.75, 3.05) is 31.6 Å². The first-order chi connectivity index (χ1) is 14.7. The van der Waals surface area contributed by atoms with Crippen molar-refractivity contribution < 1.29 is 19.1 Å². The maximum absolute atomic E-state index is 13.1. The van der Waals surface area contributed by atoms with E-state index in [-0.39, 0.29) is 18.4 Å². The number of ether oxygens (including phenoxy) is 2. The number of nitrogens with zero attached hydrogens (tertiary/aromatic N) is 1. The van der Waals surface area contributed by atoms with E-state index in [0.29, 0.717) is 41.8 Å². The Hall–Kier alpha value is -3.32. The van der Waals surface area contributed by atoms with Crippen LogP contribution in [0.15, 0.2) is 60.0 Å². The second-order valence-corrected chi connectivity index (χ2v) is 7.67. The lowest BCUT2D eigenvalue weighted by Crippen LogP contribution is -2.37. The maximum atomic E-state index is 13.1. The second-order valence-electron chi connectivity index (χ2n) is 6.76. The molecule has 154 valence electrons. The van der Waals surface area contributed by atoms with Gasteiger partial charge in [-0.3, -0.25) is 9.59 Å². The summed E-state index contributed by atoms with van der Waals surface area (Å²) in [6.45, 7) is 3.26. The molecule has 3 aromatic rings. The number of benzene rings is 2. The van der Waals surface area contributed by atoms with Crippen LogP contribution in [0.25, 0.3) is 11.1 Å². The molecule has 0 radical (unpaired) electrons. The van der Waals surface area contributed by atoms with E-state index in [1.165, 1.54) is 11.3 Å². The Kier molecular flexibility index (Phi) is 5.99. The number of anilines is 1. The largest absolute Gasteiger partial charge is 0.486 e. The first kappa shape index (κ1) is 20.0. The summed E-state index contributed by atoms with van der Waals surface area (Å²) in [6.07, 6.45) is 0. The lowest BCUT2D eigenvalue weighted by molar-refractivity contribution is -0.116. The molecule has 0 saturated carbocycles. The van der Waals surface area contributed by atoms with E-state index in [0.717, 1.165) is 11.1 Å². The van der Waals surface area contributed by atoms with E-state index in [1.807, 2.05) is 48.7 Å². The van der Waals surface area contributed by atoms with E-state index >= 15 is 0 Å². The monoisotopic (exact) mass is 422 g/mol. The SMILES string of the molecule is CCN(CC(=O)Nc1ccc2c(c1)OCCO2)C(=O)c1sccc1-c1ccccc1. The summed E-state index contributed by atoms with van der Waals surface area (Å²) in [7, 11) is 0. The minimum Gasteiger partial charge on any atom is -0.486 e. The van der Waals surface area contributed by atoms with Gasteiger partial charge in [0, 0.05) is 23.9 Å². The van der Waals surface area contributed by atoms with Crippen LogP contribution in [-0.4, -0.2) is 43.0 Å². The molecule has 7 heteroatoms. The minimum absolute atomic E-state index is 0.0318. The number of hydrogen-bond donors (Lipinski definition) is 1. The Morgan fingerprint density at radius 3 is 2.57 bits per heavy atom. The van der Waals surface area contributed by atoms with Gasteiger partial charge >= 0.3 is 0 Å². The molecule has 0 fully saturated rings. The highest BCUT2D eigenvalue weighted by Crippen LogP contribution is 2.33. The van der Waals surface area contributed by atoms with Crippen molar-refractivity contribution in [2.24, 2.45) is 0 Å². The molecule has 0 aliphatic carbocycles. The smallest absolute Gasteiger partial charge is 0.265 e. The molecule has 2 aromatic carbocycles.